The number of benzene rings is 2. The Morgan fingerprint density at radius 1 is 1.05 bits per heavy atom. The molecule has 3 aliphatic rings. The number of carbonyl (C=O) groups excluding carboxylic acids is 2. The molecule has 214 valence electrons. The molecular weight excluding hydrogens is 500 g/mol. The Bertz CT molecular complexity index is 1240. The van der Waals surface area contributed by atoms with Gasteiger partial charge in [0.2, 0.25) is 5.91 Å². The lowest BCUT2D eigenvalue weighted by Gasteiger charge is -2.24. The summed E-state index contributed by atoms with van der Waals surface area (Å²) in [6.07, 6.45) is 7.49. The van der Waals surface area contributed by atoms with E-state index in [1.165, 1.54) is 0 Å². The molecule has 3 unspecified atom stereocenters. The van der Waals surface area contributed by atoms with Crippen molar-refractivity contribution in [2.75, 3.05) is 6.54 Å². The third-order valence-corrected chi connectivity index (χ3v) is 9.66. The van der Waals surface area contributed by atoms with Crippen LogP contribution in [0, 0.1) is 22.7 Å². The third-order valence-electron chi connectivity index (χ3n) is 9.66. The van der Waals surface area contributed by atoms with E-state index in [0.717, 1.165) is 67.2 Å². The van der Waals surface area contributed by atoms with Gasteiger partial charge in [0.1, 0.15) is 0 Å². The maximum absolute atomic E-state index is 13.5. The average Bonchev–Trinajstić information content (AvgIpc) is 3.31. The van der Waals surface area contributed by atoms with E-state index in [4.69, 9.17) is 0 Å². The largest absolute Gasteiger partial charge is 0.481 e. The summed E-state index contributed by atoms with van der Waals surface area (Å²) in [5, 5.41) is 13.1. The summed E-state index contributed by atoms with van der Waals surface area (Å²) < 4.78 is 0. The number of carboxylic acids is 1. The van der Waals surface area contributed by atoms with Crippen LogP contribution < -0.4 is 5.32 Å². The van der Waals surface area contributed by atoms with Crippen molar-refractivity contribution in [3.63, 3.8) is 0 Å². The molecule has 40 heavy (non-hydrogen) atoms. The monoisotopic (exact) mass is 544 g/mol. The first kappa shape index (κ1) is 28.4. The number of nitrogens with zero attached hydrogens (tertiary/aromatic N) is 1. The molecule has 0 saturated heterocycles. The molecule has 6 heteroatoms. The Morgan fingerprint density at radius 2 is 1.75 bits per heavy atom. The zero-order valence-corrected chi connectivity index (χ0v) is 24.2. The smallest absolute Gasteiger partial charge is 0.309 e. The van der Waals surface area contributed by atoms with Gasteiger partial charge in [-0.15, -0.1) is 0 Å². The minimum Gasteiger partial charge on any atom is -0.481 e. The van der Waals surface area contributed by atoms with Crippen LogP contribution in [0.4, 0.5) is 0 Å². The van der Waals surface area contributed by atoms with Gasteiger partial charge in [-0.1, -0.05) is 82.5 Å². The van der Waals surface area contributed by atoms with Crippen molar-refractivity contribution in [1.29, 1.82) is 0 Å². The lowest BCUT2D eigenvalue weighted by atomic mass is 9.82. The second-order valence-electron chi connectivity index (χ2n) is 13.4. The second kappa shape index (κ2) is 11.4. The van der Waals surface area contributed by atoms with Crippen molar-refractivity contribution in [3.05, 3.63) is 70.8 Å². The molecule has 2 amide bonds. The third kappa shape index (κ3) is 5.82. The Morgan fingerprint density at radius 3 is 2.38 bits per heavy atom. The first-order valence-electron chi connectivity index (χ1n) is 15.1. The number of amides is 2. The molecule has 0 spiro atoms. The molecule has 2 saturated carbocycles. The first-order chi connectivity index (χ1) is 19.1. The summed E-state index contributed by atoms with van der Waals surface area (Å²) in [5.74, 6) is -0.117. The van der Waals surface area contributed by atoms with Gasteiger partial charge in [0, 0.05) is 25.2 Å². The molecule has 1 aliphatic heterocycles. The van der Waals surface area contributed by atoms with Crippen molar-refractivity contribution in [1.82, 2.24) is 10.2 Å². The maximum atomic E-state index is 13.5. The van der Waals surface area contributed by atoms with Gasteiger partial charge >= 0.3 is 5.97 Å². The molecule has 0 aromatic heterocycles. The van der Waals surface area contributed by atoms with Crippen LogP contribution in [0.1, 0.15) is 105 Å². The zero-order valence-electron chi connectivity index (χ0n) is 24.2. The van der Waals surface area contributed by atoms with Gasteiger partial charge in [-0.05, 0) is 72.1 Å². The minimum atomic E-state index is -0.667. The van der Waals surface area contributed by atoms with Crippen molar-refractivity contribution in [2.45, 2.75) is 91.1 Å². The zero-order chi connectivity index (χ0) is 28.5. The highest BCUT2D eigenvalue weighted by atomic mass is 16.4. The number of nitrogens with one attached hydrogen (secondary N) is 1. The number of rotatable bonds is 11. The van der Waals surface area contributed by atoms with Crippen LogP contribution in [0.25, 0.3) is 0 Å². The predicted molar refractivity (Wildman–Crippen MR) is 156 cm³/mol. The van der Waals surface area contributed by atoms with E-state index in [9.17, 15) is 19.5 Å². The molecule has 2 fully saturated rings. The number of hydrogen-bond donors (Lipinski definition) is 2. The molecular formula is C34H44N2O4. The van der Waals surface area contributed by atoms with Crippen LogP contribution in [-0.4, -0.2) is 34.3 Å². The van der Waals surface area contributed by atoms with E-state index in [0.29, 0.717) is 32.0 Å². The van der Waals surface area contributed by atoms with Crippen molar-refractivity contribution in [3.8, 4) is 0 Å². The van der Waals surface area contributed by atoms with Gasteiger partial charge in [-0.3, -0.25) is 14.4 Å². The number of carbonyl (C=O) groups is 3. The van der Waals surface area contributed by atoms with Crippen LogP contribution in [0.5, 0.6) is 0 Å². The number of unbranched alkanes of at least 4 members (excludes halogenated alkanes) is 1. The summed E-state index contributed by atoms with van der Waals surface area (Å²) in [6, 6.07) is 16.1. The Balaban J connectivity index is 1.16. The van der Waals surface area contributed by atoms with E-state index in [2.05, 4.69) is 50.4 Å². The van der Waals surface area contributed by atoms with Crippen LogP contribution in [0.15, 0.2) is 48.5 Å². The fraction of sp³-hybridized carbons (Fsp3) is 0.559. The highest BCUT2D eigenvalue weighted by molar-refractivity contribution is 5.98. The molecule has 3 atom stereocenters. The fourth-order valence-electron chi connectivity index (χ4n) is 7.37. The topological polar surface area (TPSA) is 86.7 Å². The van der Waals surface area contributed by atoms with Crippen LogP contribution in [0.2, 0.25) is 0 Å². The SMILES string of the molecule is CC(C)(C)C1CC1(CCCCNC(=O)C(c1ccc(CN2Cc3ccccc3C2=O)cc1)C1CCCC1)C(=O)O. The fourth-order valence-corrected chi connectivity index (χ4v) is 7.37. The molecule has 2 aliphatic carbocycles. The van der Waals surface area contributed by atoms with Gasteiger partial charge < -0.3 is 15.3 Å². The predicted octanol–water partition coefficient (Wildman–Crippen LogP) is 6.54. The Hall–Kier alpha value is -3.15. The van der Waals surface area contributed by atoms with Gasteiger partial charge in [0.05, 0.1) is 11.3 Å². The summed E-state index contributed by atoms with van der Waals surface area (Å²) in [7, 11) is 0. The molecule has 5 rings (SSSR count). The Labute approximate surface area is 238 Å². The van der Waals surface area contributed by atoms with Crippen LogP contribution in [0.3, 0.4) is 0 Å². The highest BCUT2D eigenvalue weighted by Crippen LogP contribution is 2.63. The van der Waals surface area contributed by atoms with Gasteiger partial charge in [-0.2, -0.15) is 0 Å². The molecule has 0 bridgehead atoms. The van der Waals surface area contributed by atoms with E-state index in [1.807, 2.05) is 29.2 Å². The second-order valence-corrected chi connectivity index (χ2v) is 13.4. The van der Waals surface area contributed by atoms with Crippen molar-refractivity contribution < 1.29 is 19.5 Å². The molecule has 0 radical (unpaired) electrons. The van der Waals surface area contributed by atoms with Crippen molar-refractivity contribution in [2.24, 2.45) is 22.7 Å². The van der Waals surface area contributed by atoms with Gasteiger partial charge in [-0.25, -0.2) is 0 Å². The summed E-state index contributed by atoms with van der Waals surface area (Å²) in [4.78, 5) is 40.1. The summed E-state index contributed by atoms with van der Waals surface area (Å²) >= 11 is 0. The van der Waals surface area contributed by atoms with E-state index in [1.54, 1.807) is 0 Å². The molecule has 2 aromatic carbocycles. The lowest BCUT2D eigenvalue weighted by molar-refractivity contribution is -0.145. The van der Waals surface area contributed by atoms with E-state index < -0.39 is 11.4 Å². The molecule has 2 N–H and O–H groups in total. The number of fused-ring (bicyclic) bond motifs is 1. The minimum absolute atomic E-state index is 0.00561. The normalized spacial score (nSPS) is 23.2. The molecule has 6 nitrogen and oxygen atoms in total. The van der Waals surface area contributed by atoms with Gasteiger partial charge in [0.25, 0.3) is 5.91 Å². The molecule has 1 heterocycles. The van der Waals surface area contributed by atoms with E-state index in [-0.39, 0.29) is 29.1 Å². The summed E-state index contributed by atoms with van der Waals surface area (Å²) in [6.45, 7) is 8.15. The Kier molecular flexibility index (Phi) is 8.08. The van der Waals surface area contributed by atoms with Crippen molar-refractivity contribution >= 4 is 17.8 Å². The summed E-state index contributed by atoms with van der Waals surface area (Å²) in [5.41, 5.74) is 3.40. The quantitative estimate of drug-likeness (QED) is 0.315. The number of carboxylic acid groups (broad SMARTS) is 1. The van der Waals surface area contributed by atoms with Crippen LogP contribution in [-0.2, 0) is 22.7 Å². The number of hydrogen-bond acceptors (Lipinski definition) is 3. The highest BCUT2D eigenvalue weighted by Gasteiger charge is 2.63. The maximum Gasteiger partial charge on any atom is 0.309 e. The van der Waals surface area contributed by atoms with Gasteiger partial charge in [0.15, 0.2) is 0 Å². The average molecular weight is 545 g/mol. The molecule has 2 aromatic rings. The number of aliphatic carboxylic acids is 1. The van der Waals surface area contributed by atoms with Crippen LogP contribution >= 0.6 is 0 Å². The van der Waals surface area contributed by atoms with E-state index >= 15 is 0 Å². The standard InChI is InChI=1S/C34H44N2O4/c1-33(2,3)28-20-34(28,32(39)40)18-8-9-19-35-30(37)29(24-10-4-5-11-24)25-16-14-23(15-17-25)21-36-22-26-12-6-7-13-27(26)31(36)38/h6-7,12-17,24,28-29H,4-5,8-11,18-22H2,1-3H3,(H,35,37)(H,39,40). The first-order valence-corrected chi connectivity index (χ1v) is 15.1. The lowest BCUT2D eigenvalue weighted by Crippen LogP contribution is -2.33.